The minimum atomic E-state index is -2.27. The topological polar surface area (TPSA) is 62.2 Å². The molecule has 6 nitrogen and oxygen atoms in total. The van der Waals surface area contributed by atoms with Crippen LogP contribution in [0.3, 0.4) is 0 Å². The molecule has 0 aliphatic carbocycles. The summed E-state index contributed by atoms with van der Waals surface area (Å²) in [6.07, 6.45) is -1.54. The van der Waals surface area contributed by atoms with Crippen molar-refractivity contribution in [3.8, 4) is 5.75 Å². The van der Waals surface area contributed by atoms with Gasteiger partial charge in [0.25, 0.3) is 0 Å². The molecule has 0 aromatic heterocycles. The molecule has 1 heterocycles. The molecule has 3 rings (SSSR count). The fraction of sp³-hybridized carbons (Fsp3) is 0.480. The lowest BCUT2D eigenvalue weighted by Gasteiger charge is -2.39. The number of benzene rings is 2. The lowest BCUT2D eigenvalue weighted by atomic mass is 10.1. The lowest BCUT2D eigenvalue weighted by Crippen LogP contribution is -2.48. The van der Waals surface area contributed by atoms with Crippen molar-refractivity contribution >= 4 is 47.6 Å². The molecule has 0 spiro atoms. The number of ether oxygens (including phenoxy) is 1. The number of nitrogens with zero attached hydrogens (tertiary/aromatic N) is 2. The first-order valence-electron chi connectivity index (χ1n) is 11.6. The van der Waals surface area contributed by atoms with Gasteiger partial charge in [0.05, 0.1) is 10.2 Å². The van der Waals surface area contributed by atoms with Gasteiger partial charge >= 0.3 is 6.09 Å². The summed E-state index contributed by atoms with van der Waals surface area (Å²) in [6.45, 7) is 12.7. The van der Waals surface area contributed by atoms with E-state index in [4.69, 9.17) is 20.8 Å². The largest absolute Gasteiger partial charge is 0.487 e. The number of halogens is 3. The number of para-hydroxylation sites is 1. The smallest absolute Gasteiger partial charge is 0.407 e. The maximum Gasteiger partial charge on any atom is 0.407 e. The van der Waals surface area contributed by atoms with Crippen LogP contribution in [-0.4, -0.2) is 57.2 Å². The highest BCUT2D eigenvalue weighted by Gasteiger charge is 2.40. The van der Waals surface area contributed by atoms with Crippen LogP contribution in [0.5, 0.6) is 5.75 Å². The van der Waals surface area contributed by atoms with Crippen LogP contribution in [0.2, 0.25) is 23.2 Å². The molecule has 10 heteroatoms. The van der Waals surface area contributed by atoms with Crippen LogP contribution >= 0.6 is 27.5 Å². The van der Waals surface area contributed by atoms with Gasteiger partial charge in [-0.1, -0.05) is 44.5 Å². The van der Waals surface area contributed by atoms with E-state index in [1.807, 2.05) is 18.2 Å². The monoisotopic (exact) mass is 586 g/mol. The Labute approximate surface area is 221 Å². The van der Waals surface area contributed by atoms with Gasteiger partial charge in [0.2, 0.25) is 0 Å². The Kier molecular flexibility index (Phi) is 8.78. The lowest BCUT2D eigenvalue weighted by molar-refractivity contribution is 0.112. The predicted octanol–water partition coefficient (Wildman–Crippen LogP) is 7.18. The van der Waals surface area contributed by atoms with Gasteiger partial charge in [0.1, 0.15) is 18.5 Å². The van der Waals surface area contributed by atoms with Crippen molar-refractivity contribution in [3.63, 3.8) is 0 Å². The molecular weight excluding hydrogens is 555 g/mol. The molecule has 1 fully saturated rings. The van der Waals surface area contributed by atoms with Crippen molar-refractivity contribution in [2.45, 2.75) is 45.0 Å². The molecule has 192 valence electrons. The van der Waals surface area contributed by atoms with Gasteiger partial charge < -0.3 is 24.1 Å². The first-order valence-corrected chi connectivity index (χ1v) is 15.6. The molecule has 2 aromatic carbocycles. The Morgan fingerprint density at radius 2 is 1.86 bits per heavy atom. The number of amides is 1. The Morgan fingerprint density at radius 1 is 1.20 bits per heavy atom. The van der Waals surface area contributed by atoms with Crippen LogP contribution in [-0.2, 0) is 4.43 Å². The average Bonchev–Trinajstić information content (AvgIpc) is 2.76. The Hall–Kier alpha value is -1.81. The van der Waals surface area contributed by atoms with E-state index in [0.29, 0.717) is 42.5 Å². The SMILES string of the molecule is CC(C)(C)[Si](C)(C)OC(COc1c(Br)cccc1N1CCN(C(=O)O)CC1)c1ccc(Cl)cc1F. The van der Waals surface area contributed by atoms with Gasteiger partial charge in [-0.15, -0.1) is 0 Å². The molecule has 0 radical (unpaired) electrons. The van der Waals surface area contributed by atoms with E-state index in [2.05, 4.69) is 54.7 Å². The second kappa shape index (κ2) is 11.1. The van der Waals surface area contributed by atoms with Gasteiger partial charge in [-0.2, -0.15) is 0 Å². The Balaban J connectivity index is 1.88. The summed E-state index contributed by atoms with van der Waals surface area (Å²) >= 11 is 9.59. The van der Waals surface area contributed by atoms with E-state index < -0.39 is 26.3 Å². The zero-order valence-electron chi connectivity index (χ0n) is 20.8. The quantitative estimate of drug-likeness (QED) is 0.348. The van der Waals surface area contributed by atoms with Crippen LogP contribution in [0.15, 0.2) is 40.9 Å². The number of hydrogen-bond acceptors (Lipinski definition) is 4. The molecular formula is C25H33BrClFN2O4Si. The second-order valence-corrected chi connectivity index (χ2v) is 16.2. The number of rotatable bonds is 7. The van der Waals surface area contributed by atoms with Crippen LogP contribution in [0.1, 0.15) is 32.4 Å². The van der Waals surface area contributed by atoms with E-state index in [9.17, 15) is 14.3 Å². The molecule has 1 unspecified atom stereocenters. The van der Waals surface area contributed by atoms with Crippen molar-refractivity contribution in [2.75, 3.05) is 37.7 Å². The van der Waals surface area contributed by atoms with E-state index in [-0.39, 0.29) is 11.6 Å². The van der Waals surface area contributed by atoms with Gasteiger partial charge in [0, 0.05) is 36.8 Å². The van der Waals surface area contributed by atoms with Crippen LogP contribution in [0.25, 0.3) is 0 Å². The summed E-state index contributed by atoms with van der Waals surface area (Å²) in [5.41, 5.74) is 1.26. The fourth-order valence-electron chi connectivity index (χ4n) is 3.67. The van der Waals surface area contributed by atoms with Gasteiger partial charge in [0.15, 0.2) is 14.1 Å². The Bertz CT molecular complexity index is 1060. The van der Waals surface area contributed by atoms with E-state index >= 15 is 0 Å². The number of piperazine rings is 1. The summed E-state index contributed by atoms with van der Waals surface area (Å²) in [4.78, 5) is 14.8. The first kappa shape index (κ1) is 27.8. The molecule has 35 heavy (non-hydrogen) atoms. The van der Waals surface area contributed by atoms with Gasteiger partial charge in [-0.3, -0.25) is 0 Å². The average molecular weight is 588 g/mol. The highest BCUT2D eigenvalue weighted by molar-refractivity contribution is 9.10. The molecule has 1 saturated heterocycles. The number of anilines is 1. The minimum Gasteiger partial charge on any atom is -0.487 e. The number of carbonyl (C=O) groups is 1. The third-order valence-corrected chi connectivity index (χ3v) is 12.1. The van der Waals surface area contributed by atoms with E-state index in [0.717, 1.165) is 10.2 Å². The summed E-state index contributed by atoms with van der Waals surface area (Å²) in [5.74, 6) is 0.191. The van der Waals surface area contributed by atoms with E-state index in [1.165, 1.54) is 11.0 Å². The zero-order chi connectivity index (χ0) is 26.0. The minimum absolute atomic E-state index is 0.0730. The van der Waals surface area contributed by atoms with Crippen LogP contribution in [0.4, 0.5) is 14.9 Å². The molecule has 1 amide bonds. The molecule has 1 N–H and O–H groups in total. The molecule has 2 aromatic rings. The highest BCUT2D eigenvalue weighted by Crippen LogP contribution is 2.42. The van der Waals surface area contributed by atoms with Crippen molar-refractivity contribution in [1.29, 1.82) is 0 Å². The summed E-state index contributed by atoms with van der Waals surface area (Å²) in [6, 6.07) is 10.4. The fourth-order valence-corrected chi connectivity index (χ4v) is 5.56. The molecule has 0 saturated carbocycles. The van der Waals surface area contributed by atoms with Crippen molar-refractivity contribution in [2.24, 2.45) is 0 Å². The zero-order valence-corrected chi connectivity index (χ0v) is 24.1. The van der Waals surface area contributed by atoms with Gasteiger partial charge in [-0.25, -0.2) is 9.18 Å². The Morgan fingerprint density at radius 3 is 2.43 bits per heavy atom. The first-order chi connectivity index (χ1) is 16.3. The molecule has 1 aliphatic rings. The normalized spacial score (nSPS) is 15.8. The molecule has 1 aliphatic heterocycles. The van der Waals surface area contributed by atoms with Crippen molar-refractivity contribution in [3.05, 3.63) is 57.3 Å². The number of hydrogen-bond donors (Lipinski definition) is 1. The predicted molar refractivity (Wildman–Crippen MR) is 144 cm³/mol. The maximum atomic E-state index is 15.0. The van der Waals surface area contributed by atoms with Crippen molar-refractivity contribution < 1.29 is 23.5 Å². The summed E-state index contributed by atoms with van der Waals surface area (Å²) in [5, 5.41) is 9.52. The summed E-state index contributed by atoms with van der Waals surface area (Å²) < 4.78 is 28.7. The molecule has 1 atom stereocenters. The third-order valence-electron chi connectivity index (χ3n) is 6.77. The second-order valence-electron chi connectivity index (χ2n) is 10.2. The highest BCUT2D eigenvalue weighted by atomic mass is 79.9. The number of carboxylic acid groups (broad SMARTS) is 1. The third kappa shape index (κ3) is 6.70. The molecule has 0 bridgehead atoms. The van der Waals surface area contributed by atoms with Crippen molar-refractivity contribution in [1.82, 2.24) is 4.90 Å². The summed E-state index contributed by atoms with van der Waals surface area (Å²) in [7, 11) is -2.27. The van der Waals surface area contributed by atoms with Crippen LogP contribution in [0, 0.1) is 5.82 Å². The van der Waals surface area contributed by atoms with Gasteiger partial charge in [-0.05, 0) is 58.3 Å². The standard InChI is InChI=1S/C25H33BrClFN2O4Si/c1-25(2,3)35(4,5)34-22(18-10-9-17(27)15-20(18)28)16-33-23-19(26)7-6-8-21(23)29-11-13-30(14-12-29)24(31)32/h6-10,15,22H,11-14,16H2,1-5H3,(H,31,32). The van der Waals surface area contributed by atoms with E-state index in [1.54, 1.807) is 12.1 Å². The van der Waals surface area contributed by atoms with Crippen LogP contribution < -0.4 is 9.64 Å². The maximum absolute atomic E-state index is 15.0.